The van der Waals surface area contributed by atoms with Gasteiger partial charge in [0.2, 0.25) is 10.0 Å². The fourth-order valence-corrected chi connectivity index (χ4v) is 3.92. The fourth-order valence-electron chi connectivity index (χ4n) is 2.40. The predicted molar refractivity (Wildman–Crippen MR) is 90.1 cm³/mol. The third-order valence-electron chi connectivity index (χ3n) is 3.68. The number of piperidine rings is 1. The zero-order chi connectivity index (χ0) is 16.3. The highest BCUT2D eigenvalue weighted by atomic mass is 35.5. The van der Waals surface area contributed by atoms with Gasteiger partial charge in [0.15, 0.2) is 0 Å². The van der Waals surface area contributed by atoms with Crippen molar-refractivity contribution >= 4 is 39.3 Å². The summed E-state index contributed by atoms with van der Waals surface area (Å²) in [6.07, 6.45) is 4.36. The molecule has 0 atom stereocenters. The Morgan fingerprint density at radius 2 is 2.00 bits per heavy atom. The highest BCUT2D eigenvalue weighted by Crippen LogP contribution is 2.23. The van der Waals surface area contributed by atoms with Gasteiger partial charge in [-0.15, -0.1) is 11.8 Å². The molecule has 1 fully saturated rings. The molecular weight excluding hydrogens is 344 g/mol. The molecule has 1 saturated heterocycles. The number of carbonyl (C=O) groups is 1. The molecule has 1 aliphatic heterocycles. The number of hydrogen-bond acceptors (Lipinski definition) is 4. The van der Waals surface area contributed by atoms with Crippen molar-refractivity contribution in [3.05, 3.63) is 28.8 Å². The number of carbonyl (C=O) groups excluding carboxylic acids is 1. The second-order valence-corrected chi connectivity index (χ2v) is 8.52. The van der Waals surface area contributed by atoms with Crippen molar-refractivity contribution in [1.29, 1.82) is 0 Å². The van der Waals surface area contributed by atoms with Gasteiger partial charge in [-0.2, -0.15) is 0 Å². The van der Waals surface area contributed by atoms with E-state index in [9.17, 15) is 13.2 Å². The van der Waals surface area contributed by atoms with E-state index < -0.39 is 10.0 Å². The average Bonchev–Trinajstić information content (AvgIpc) is 2.47. The maximum Gasteiger partial charge on any atom is 0.253 e. The summed E-state index contributed by atoms with van der Waals surface area (Å²) in [6.45, 7) is 0.866. The van der Waals surface area contributed by atoms with E-state index in [2.05, 4.69) is 5.32 Å². The van der Waals surface area contributed by atoms with E-state index in [0.717, 1.165) is 4.90 Å². The van der Waals surface area contributed by atoms with Crippen LogP contribution < -0.4 is 5.32 Å². The molecule has 1 heterocycles. The van der Waals surface area contributed by atoms with Gasteiger partial charge in [-0.1, -0.05) is 11.6 Å². The van der Waals surface area contributed by atoms with Crippen LogP contribution in [0.2, 0.25) is 5.02 Å². The summed E-state index contributed by atoms with van der Waals surface area (Å²) < 4.78 is 24.4. The van der Waals surface area contributed by atoms with Crippen molar-refractivity contribution < 1.29 is 13.2 Å². The average molecular weight is 363 g/mol. The standard InChI is InChI=1S/C14H19ClN2O3S2/c1-21-11-3-4-13(15)12(9-11)14(18)16-10-5-7-17(8-6-10)22(2,19)20/h3-4,9-10H,5-8H2,1-2H3,(H,16,18). The SMILES string of the molecule is CSc1ccc(Cl)c(C(=O)NC2CCN(S(C)(=O)=O)CC2)c1. The Labute approximate surface area is 140 Å². The van der Waals surface area contributed by atoms with E-state index >= 15 is 0 Å². The van der Waals surface area contributed by atoms with Crippen LogP contribution in [-0.4, -0.2) is 50.3 Å². The van der Waals surface area contributed by atoms with Crippen LogP contribution in [0.4, 0.5) is 0 Å². The molecule has 0 radical (unpaired) electrons. The van der Waals surface area contributed by atoms with Crippen LogP contribution in [0.5, 0.6) is 0 Å². The van der Waals surface area contributed by atoms with Crippen molar-refractivity contribution in [2.75, 3.05) is 25.6 Å². The first kappa shape index (κ1) is 17.6. The fraction of sp³-hybridized carbons (Fsp3) is 0.500. The van der Waals surface area contributed by atoms with Crippen molar-refractivity contribution in [3.8, 4) is 0 Å². The van der Waals surface area contributed by atoms with Gasteiger partial charge in [-0.05, 0) is 37.3 Å². The van der Waals surface area contributed by atoms with Gasteiger partial charge >= 0.3 is 0 Å². The molecule has 1 aromatic carbocycles. The molecular formula is C14H19ClN2O3S2. The lowest BCUT2D eigenvalue weighted by atomic mass is 10.1. The van der Waals surface area contributed by atoms with Gasteiger partial charge in [-0.3, -0.25) is 4.79 Å². The topological polar surface area (TPSA) is 66.5 Å². The minimum Gasteiger partial charge on any atom is -0.349 e. The van der Waals surface area contributed by atoms with Crippen LogP contribution in [0, 0.1) is 0 Å². The van der Waals surface area contributed by atoms with E-state index in [1.165, 1.54) is 10.6 Å². The lowest BCUT2D eigenvalue weighted by Crippen LogP contribution is -2.46. The number of amides is 1. The largest absolute Gasteiger partial charge is 0.349 e. The summed E-state index contributed by atoms with van der Waals surface area (Å²) in [5, 5.41) is 3.37. The number of nitrogens with zero attached hydrogens (tertiary/aromatic N) is 1. The van der Waals surface area contributed by atoms with Crippen molar-refractivity contribution in [3.63, 3.8) is 0 Å². The van der Waals surface area contributed by atoms with Crippen molar-refractivity contribution in [1.82, 2.24) is 9.62 Å². The Morgan fingerprint density at radius 1 is 1.36 bits per heavy atom. The molecule has 0 unspecified atom stereocenters. The molecule has 0 spiro atoms. The molecule has 0 saturated carbocycles. The number of rotatable bonds is 4. The van der Waals surface area contributed by atoms with Gasteiger partial charge in [0, 0.05) is 24.0 Å². The summed E-state index contributed by atoms with van der Waals surface area (Å²) in [6, 6.07) is 5.33. The zero-order valence-electron chi connectivity index (χ0n) is 12.5. The van der Waals surface area contributed by atoms with Crippen LogP contribution in [-0.2, 0) is 10.0 Å². The summed E-state index contributed by atoms with van der Waals surface area (Å²) in [4.78, 5) is 13.3. The van der Waals surface area contributed by atoms with Crippen LogP contribution in [0.1, 0.15) is 23.2 Å². The first-order chi connectivity index (χ1) is 10.3. The Balaban J connectivity index is 1.99. The first-order valence-corrected chi connectivity index (χ1v) is 10.4. The molecule has 1 amide bonds. The van der Waals surface area contributed by atoms with Crippen molar-refractivity contribution in [2.45, 2.75) is 23.8 Å². The van der Waals surface area contributed by atoms with E-state index in [4.69, 9.17) is 11.6 Å². The molecule has 2 rings (SSSR count). The number of halogens is 1. The van der Waals surface area contributed by atoms with Gasteiger partial charge in [0.25, 0.3) is 5.91 Å². The highest BCUT2D eigenvalue weighted by Gasteiger charge is 2.26. The zero-order valence-corrected chi connectivity index (χ0v) is 14.9. The summed E-state index contributed by atoms with van der Waals surface area (Å²) in [5.74, 6) is -0.210. The predicted octanol–water partition coefficient (Wildman–Crippen LogP) is 2.22. The van der Waals surface area contributed by atoms with E-state index in [1.54, 1.807) is 23.9 Å². The van der Waals surface area contributed by atoms with Gasteiger partial charge in [0.1, 0.15) is 0 Å². The number of sulfonamides is 1. The maximum absolute atomic E-state index is 12.3. The minimum atomic E-state index is -3.15. The highest BCUT2D eigenvalue weighted by molar-refractivity contribution is 7.98. The normalized spacial score (nSPS) is 17.4. The molecule has 1 aromatic rings. The summed E-state index contributed by atoms with van der Waals surface area (Å²) >= 11 is 7.64. The Kier molecular flexibility index (Phi) is 5.76. The molecule has 0 bridgehead atoms. The smallest absolute Gasteiger partial charge is 0.253 e. The third-order valence-corrected chi connectivity index (χ3v) is 6.03. The number of nitrogens with one attached hydrogen (secondary N) is 1. The van der Waals surface area contributed by atoms with E-state index in [-0.39, 0.29) is 11.9 Å². The number of hydrogen-bond donors (Lipinski definition) is 1. The second-order valence-electron chi connectivity index (χ2n) is 5.26. The van der Waals surface area contributed by atoms with Gasteiger partial charge < -0.3 is 5.32 Å². The Hall–Kier alpha value is -0.760. The summed E-state index contributed by atoms with van der Waals surface area (Å²) in [7, 11) is -3.15. The van der Waals surface area contributed by atoms with Crippen molar-refractivity contribution in [2.24, 2.45) is 0 Å². The molecule has 1 N–H and O–H groups in total. The minimum absolute atomic E-state index is 0.0282. The first-order valence-electron chi connectivity index (χ1n) is 6.91. The van der Waals surface area contributed by atoms with Gasteiger partial charge in [-0.25, -0.2) is 12.7 Å². The molecule has 0 aromatic heterocycles. The molecule has 8 heteroatoms. The lowest BCUT2D eigenvalue weighted by molar-refractivity contribution is 0.0924. The van der Waals surface area contributed by atoms with Crippen LogP contribution >= 0.6 is 23.4 Å². The molecule has 1 aliphatic rings. The molecule has 22 heavy (non-hydrogen) atoms. The summed E-state index contributed by atoms with van der Waals surface area (Å²) in [5.41, 5.74) is 0.457. The molecule has 5 nitrogen and oxygen atoms in total. The number of thioether (sulfide) groups is 1. The Bertz CT molecular complexity index is 656. The van der Waals surface area contributed by atoms with E-state index in [0.29, 0.717) is 36.5 Å². The van der Waals surface area contributed by atoms with Gasteiger partial charge in [0.05, 0.1) is 16.8 Å². The monoisotopic (exact) mass is 362 g/mol. The quantitative estimate of drug-likeness (QED) is 0.834. The third kappa shape index (κ3) is 4.38. The van der Waals surface area contributed by atoms with Crippen LogP contribution in [0.3, 0.4) is 0 Å². The Morgan fingerprint density at radius 3 is 2.55 bits per heavy atom. The van der Waals surface area contributed by atoms with Crippen LogP contribution in [0.15, 0.2) is 23.1 Å². The van der Waals surface area contributed by atoms with Crippen LogP contribution in [0.25, 0.3) is 0 Å². The number of benzene rings is 1. The molecule has 122 valence electrons. The maximum atomic E-state index is 12.3. The lowest BCUT2D eigenvalue weighted by Gasteiger charge is -2.30. The van der Waals surface area contributed by atoms with E-state index in [1.807, 2.05) is 12.3 Å². The second kappa shape index (κ2) is 7.21. The molecule has 0 aliphatic carbocycles.